The number of oxime groups is 1. The van der Waals surface area contributed by atoms with Crippen LogP contribution in [0.4, 0.5) is 13.2 Å². The molecule has 0 heterocycles. The Morgan fingerprint density at radius 1 is 1.35 bits per heavy atom. The van der Waals surface area contributed by atoms with E-state index in [1.54, 1.807) is 0 Å². The monoisotopic (exact) mass is 245 g/mol. The molecule has 0 saturated heterocycles. The third kappa shape index (κ3) is 2.22. The summed E-state index contributed by atoms with van der Waals surface area (Å²) in [7, 11) is 0. The van der Waals surface area contributed by atoms with E-state index >= 15 is 0 Å². The number of carbonyl (C=O) groups is 1. The molecule has 1 N–H and O–H groups in total. The van der Waals surface area contributed by atoms with Gasteiger partial charge in [0.05, 0.1) is 0 Å². The maximum Gasteiger partial charge on any atom is 0.573 e. The molecule has 0 aliphatic heterocycles. The second kappa shape index (κ2) is 3.76. The van der Waals surface area contributed by atoms with Crippen LogP contribution in [0.1, 0.15) is 15.9 Å². The second-order valence-corrected chi connectivity index (χ2v) is 3.42. The number of ether oxygens (including phenoxy) is 1. The number of carbonyl (C=O) groups excluding carboxylic acids is 1. The van der Waals surface area contributed by atoms with Crippen LogP contribution in [-0.4, -0.2) is 23.1 Å². The van der Waals surface area contributed by atoms with Gasteiger partial charge in [-0.15, -0.1) is 13.2 Å². The first-order valence-corrected chi connectivity index (χ1v) is 4.55. The van der Waals surface area contributed by atoms with Crippen LogP contribution in [0, 0.1) is 0 Å². The first kappa shape index (κ1) is 11.4. The third-order valence-electron chi connectivity index (χ3n) is 2.30. The first-order chi connectivity index (χ1) is 7.90. The Morgan fingerprint density at radius 3 is 2.65 bits per heavy atom. The van der Waals surface area contributed by atoms with Crippen molar-refractivity contribution in [3.63, 3.8) is 0 Å². The van der Waals surface area contributed by atoms with Gasteiger partial charge in [0, 0.05) is 12.0 Å². The van der Waals surface area contributed by atoms with E-state index < -0.39 is 17.9 Å². The molecule has 17 heavy (non-hydrogen) atoms. The fourth-order valence-electron chi connectivity index (χ4n) is 1.62. The van der Waals surface area contributed by atoms with E-state index in [-0.39, 0.29) is 17.7 Å². The van der Waals surface area contributed by atoms with Crippen molar-refractivity contribution in [1.29, 1.82) is 0 Å². The maximum absolute atomic E-state index is 12.0. The molecule has 1 aliphatic rings. The summed E-state index contributed by atoms with van der Waals surface area (Å²) >= 11 is 0. The average molecular weight is 245 g/mol. The van der Waals surface area contributed by atoms with E-state index in [0.29, 0.717) is 5.56 Å². The van der Waals surface area contributed by atoms with Gasteiger partial charge in [0.25, 0.3) is 0 Å². The summed E-state index contributed by atoms with van der Waals surface area (Å²) in [6.45, 7) is 0. The highest BCUT2D eigenvalue weighted by atomic mass is 19.4. The number of hydrogen-bond acceptors (Lipinski definition) is 4. The van der Waals surface area contributed by atoms with Gasteiger partial charge in [-0.25, -0.2) is 0 Å². The lowest BCUT2D eigenvalue weighted by atomic mass is 10.1. The molecule has 0 fully saturated rings. The number of alkyl halides is 3. The molecule has 7 heteroatoms. The van der Waals surface area contributed by atoms with E-state index in [4.69, 9.17) is 5.21 Å². The molecule has 0 aromatic heterocycles. The summed E-state index contributed by atoms with van der Waals surface area (Å²) in [5.74, 6) is -1.06. The molecule has 90 valence electrons. The topological polar surface area (TPSA) is 58.9 Å². The average Bonchev–Trinajstić information content (AvgIpc) is 2.53. The van der Waals surface area contributed by atoms with Gasteiger partial charge in [-0.1, -0.05) is 11.2 Å². The minimum absolute atomic E-state index is 0.0690. The number of benzene rings is 1. The minimum atomic E-state index is -4.80. The number of rotatable bonds is 1. The normalized spacial score (nSPS) is 17.4. The van der Waals surface area contributed by atoms with Gasteiger partial charge < -0.3 is 9.94 Å². The molecule has 4 nitrogen and oxygen atoms in total. The number of ketones is 1. The predicted molar refractivity (Wildman–Crippen MR) is 50.4 cm³/mol. The Labute approximate surface area is 93.3 Å². The van der Waals surface area contributed by atoms with E-state index in [0.717, 1.165) is 12.1 Å². The maximum atomic E-state index is 12.0. The third-order valence-corrected chi connectivity index (χ3v) is 2.30. The smallest absolute Gasteiger partial charge is 0.411 e. The molecule has 0 amide bonds. The summed E-state index contributed by atoms with van der Waals surface area (Å²) in [5.41, 5.74) is 0.487. The van der Waals surface area contributed by atoms with Crippen molar-refractivity contribution in [2.75, 3.05) is 0 Å². The Kier molecular flexibility index (Phi) is 2.53. The van der Waals surface area contributed by atoms with Crippen LogP contribution in [0.3, 0.4) is 0 Å². The molecule has 0 spiro atoms. The van der Waals surface area contributed by atoms with Crippen molar-refractivity contribution in [1.82, 2.24) is 0 Å². The Bertz CT molecular complexity index is 508. The molecule has 1 aromatic rings. The SMILES string of the molecule is O=C1/C(=N/O)Cc2ccc(OC(F)(F)F)cc21. The van der Waals surface area contributed by atoms with Crippen LogP contribution < -0.4 is 4.74 Å². The van der Waals surface area contributed by atoms with E-state index in [1.807, 2.05) is 0 Å². The Balaban J connectivity index is 2.34. The van der Waals surface area contributed by atoms with Crippen molar-refractivity contribution in [3.05, 3.63) is 29.3 Å². The molecule has 1 aromatic carbocycles. The summed E-state index contributed by atoms with van der Waals surface area (Å²) < 4.78 is 39.6. The minimum Gasteiger partial charge on any atom is -0.411 e. The highest BCUT2D eigenvalue weighted by Crippen LogP contribution is 2.28. The van der Waals surface area contributed by atoms with Crippen LogP contribution in [0.5, 0.6) is 5.75 Å². The predicted octanol–water partition coefficient (Wildman–Crippen LogP) is 2.15. The van der Waals surface area contributed by atoms with Crippen molar-refractivity contribution < 1.29 is 27.9 Å². The van der Waals surface area contributed by atoms with Gasteiger partial charge in [0.1, 0.15) is 11.5 Å². The molecule has 1 aliphatic carbocycles. The van der Waals surface area contributed by atoms with Crippen molar-refractivity contribution in [3.8, 4) is 5.75 Å². The lowest BCUT2D eigenvalue weighted by Gasteiger charge is -2.09. The largest absolute Gasteiger partial charge is 0.573 e. The summed E-state index contributed by atoms with van der Waals surface area (Å²) in [6, 6.07) is 3.44. The zero-order chi connectivity index (χ0) is 12.6. The highest BCUT2D eigenvalue weighted by Gasteiger charge is 2.33. The van der Waals surface area contributed by atoms with Gasteiger partial charge in [-0.3, -0.25) is 4.79 Å². The Hall–Kier alpha value is -2.05. The van der Waals surface area contributed by atoms with Crippen molar-refractivity contribution >= 4 is 11.5 Å². The molecular formula is C10H6F3NO3. The molecule has 0 radical (unpaired) electrons. The summed E-state index contributed by atoms with van der Waals surface area (Å²) in [6.07, 6.45) is -4.69. The summed E-state index contributed by atoms with van der Waals surface area (Å²) in [4.78, 5) is 11.5. The number of fused-ring (bicyclic) bond motifs is 1. The highest BCUT2D eigenvalue weighted by molar-refractivity contribution is 6.49. The lowest BCUT2D eigenvalue weighted by molar-refractivity contribution is -0.274. The number of nitrogens with zero attached hydrogens (tertiary/aromatic N) is 1. The summed E-state index contributed by atoms with van der Waals surface area (Å²) in [5, 5.41) is 11.3. The van der Waals surface area contributed by atoms with Gasteiger partial charge in [-0.05, 0) is 17.7 Å². The van der Waals surface area contributed by atoms with E-state index in [1.165, 1.54) is 6.07 Å². The van der Waals surface area contributed by atoms with Crippen LogP contribution in [-0.2, 0) is 6.42 Å². The van der Waals surface area contributed by atoms with Crippen molar-refractivity contribution in [2.24, 2.45) is 5.16 Å². The first-order valence-electron chi connectivity index (χ1n) is 4.55. The van der Waals surface area contributed by atoms with Crippen LogP contribution >= 0.6 is 0 Å². The van der Waals surface area contributed by atoms with Gasteiger partial charge in [0.2, 0.25) is 5.78 Å². The van der Waals surface area contributed by atoms with Gasteiger partial charge in [-0.2, -0.15) is 0 Å². The van der Waals surface area contributed by atoms with Gasteiger partial charge >= 0.3 is 6.36 Å². The van der Waals surface area contributed by atoms with Crippen LogP contribution in [0.25, 0.3) is 0 Å². The number of halogens is 3. The van der Waals surface area contributed by atoms with Crippen LogP contribution in [0.15, 0.2) is 23.4 Å². The molecular weight excluding hydrogens is 239 g/mol. The molecule has 0 atom stereocenters. The molecule has 0 saturated carbocycles. The number of Topliss-reactive ketones (excluding diaryl/α,β-unsaturated/α-hetero) is 1. The lowest BCUT2D eigenvalue weighted by Crippen LogP contribution is -2.17. The van der Waals surface area contributed by atoms with Crippen molar-refractivity contribution in [2.45, 2.75) is 12.8 Å². The number of hydrogen-bond donors (Lipinski definition) is 1. The zero-order valence-corrected chi connectivity index (χ0v) is 8.28. The van der Waals surface area contributed by atoms with E-state index in [2.05, 4.69) is 9.89 Å². The second-order valence-electron chi connectivity index (χ2n) is 3.42. The molecule has 0 unspecified atom stereocenters. The molecule has 2 rings (SSSR count). The molecule has 0 bridgehead atoms. The fourth-order valence-corrected chi connectivity index (χ4v) is 1.62. The van der Waals surface area contributed by atoms with Crippen LogP contribution in [0.2, 0.25) is 0 Å². The van der Waals surface area contributed by atoms with E-state index in [9.17, 15) is 18.0 Å². The zero-order valence-electron chi connectivity index (χ0n) is 8.28. The quantitative estimate of drug-likeness (QED) is 0.609. The standard InChI is InChI=1S/C10H6F3NO3/c11-10(12,13)17-6-2-1-5-3-8(14-16)9(15)7(5)4-6/h1-2,4,16H,3H2/b14-8+. The Morgan fingerprint density at radius 2 is 2.06 bits per heavy atom. The van der Waals surface area contributed by atoms with Gasteiger partial charge in [0.15, 0.2) is 0 Å². The fraction of sp³-hybridized carbons (Fsp3) is 0.200.